The lowest BCUT2D eigenvalue weighted by Crippen LogP contribution is -2.42. The van der Waals surface area contributed by atoms with Crippen molar-refractivity contribution in [3.8, 4) is 28.7 Å². The second-order valence-electron chi connectivity index (χ2n) is 8.67. The molecular weight excluding hydrogens is 497 g/mol. The maximum Gasteiger partial charge on any atom is 0.401 e. The van der Waals surface area contributed by atoms with Crippen LogP contribution in [-0.2, 0) is 11.2 Å². The van der Waals surface area contributed by atoms with Crippen molar-refractivity contribution in [2.45, 2.75) is 51.6 Å². The zero-order valence-electron chi connectivity index (χ0n) is 19.5. The summed E-state index contributed by atoms with van der Waals surface area (Å²) < 4.78 is 46.4. The van der Waals surface area contributed by atoms with Gasteiger partial charge in [0.05, 0.1) is 11.6 Å². The number of Topliss-reactive ketones (excluding diaryl/α,β-unsaturated/α-hetero) is 1. The van der Waals surface area contributed by atoms with E-state index < -0.39 is 23.1 Å². The number of carbonyl (C=O) groups excluding carboxylic acids is 1. The molecule has 1 N–H and O–H groups in total. The largest absolute Gasteiger partial charge is 0.478 e. The van der Waals surface area contributed by atoms with Crippen LogP contribution in [0.4, 0.5) is 13.2 Å². The highest BCUT2D eigenvalue weighted by atomic mass is 35.5. The van der Waals surface area contributed by atoms with Crippen LogP contribution in [0.15, 0.2) is 41.3 Å². The normalized spacial score (nSPS) is 15.1. The smallest absolute Gasteiger partial charge is 0.401 e. The molecule has 0 saturated heterocycles. The molecule has 0 atom stereocenters. The molecule has 1 aliphatic rings. The van der Waals surface area contributed by atoms with Gasteiger partial charge in [0.25, 0.3) is 0 Å². The highest BCUT2D eigenvalue weighted by Gasteiger charge is 2.59. The number of carbonyl (C=O) groups is 1. The lowest BCUT2D eigenvalue weighted by Gasteiger charge is -2.30. The molecular formula is C25H24ClF3N4O3. The van der Waals surface area contributed by atoms with Gasteiger partial charge in [0.15, 0.2) is 5.82 Å². The van der Waals surface area contributed by atoms with Crippen LogP contribution in [0, 0.1) is 5.41 Å². The number of aryl methyl sites for hydroxylation is 1. The number of ketones is 1. The summed E-state index contributed by atoms with van der Waals surface area (Å²) in [5, 5.41) is 0.276. The number of ether oxygens (including phenoxy) is 1. The fourth-order valence-corrected chi connectivity index (χ4v) is 4.70. The molecule has 7 nitrogen and oxygen atoms in total. The summed E-state index contributed by atoms with van der Waals surface area (Å²) in [6, 6.07) is 8.11. The average molecular weight is 521 g/mol. The van der Waals surface area contributed by atoms with Crippen LogP contribution in [-0.4, -0.2) is 38.5 Å². The van der Waals surface area contributed by atoms with Crippen LogP contribution in [0.3, 0.4) is 0 Å². The summed E-state index contributed by atoms with van der Waals surface area (Å²) in [5.41, 5.74) is -1.46. The van der Waals surface area contributed by atoms with Gasteiger partial charge in [0.1, 0.15) is 17.0 Å². The topological polar surface area (TPSA) is 97.8 Å². The number of nitrogens with zero attached hydrogens (tertiary/aromatic N) is 3. The molecule has 0 unspecified atom stereocenters. The Balaban J connectivity index is 1.58. The van der Waals surface area contributed by atoms with Gasteiger partial charge >= 0.3 is 11.9 Å². The van der Waals surface area contributed by atoms with E-state index in [-0.39, 0.29) is 42.4 Å². The van der Waals surface area contributed by atoms with E-state index in [1.165, 1.54) is 6.20 Å². The van der Waals surface area contributed by atoms with Crippen LogP contribution < -0.4 is 10.4 Å². The molecule has 36 heavy (non-hydrogen) atoms. The predicted molar refractivity (Wildman–Crippen MR) is 128 cm³/mol. The van der Waals surface area contributed by atoms with Crippen molar-refractivity contribution in [3.63, 3.8) is 0 Å². The number of H-pyrrole nitrogens is 1. The van der Waals surface area contributed by atoms with E-state index in [1.54, 1.807) is 30.3 Å². The van der Waals surface area contributed by atoms with Crippen molar-refractivity contribution in [3.05, 3.63) is 57.6 Å². The van der Waals surface area contributed by atoms with Crippen LogP contribution in [0.2, 0.25) is 5.02 Å². The minimum absolute atomic E-state index is 0.103. The number of nitrogens with one attached hydrogen (secondary N) is 1. The van der Waals surface area contributed by atoms with E-state index in [1.807, 2.05) is 6.92 Å². The quantitative estimate of drug-likeness (QED) is 0.417. The second kappa shape index (κ2) is 10.4. The number of aromatic nitrogens is 4. The number of halogens is 4. The number of aromatic amines is 1. The molecule has 1 aliphatic carbocycles. The van der Waals surface area contributed by atoms with Gasteiger partial charge in [-0.2, -0.15) is 18.2 Å². The van der Waals surface area contributed by atoms with Crippen molar-refractivity contribution >= 4 is 17.4 Å². The standard InChI is InChI=1S/C25H24ClF3N4O3/c1-2-36-20-10-7-16(14-30-20)21-31-22(33-23(35)32-21)17-13-15(5-8-18(17)26)6-9-19(34)24(25(27,28)29)11-3-4-12-24/h5,7-8,10,13-14H,2-4,6,9,11-12H2,1H3,(H,31,32,33,35). The van der Waals surface area contributed by atoms with E-state index in [0.717, 1.165) is 0 Å². The lowest BCUT2D eigenvalue weighted by molar-refractivity contribution is -0.218. The first kappa shape index (κ1) is 25.8. The van der Waals surface area contributed by atoms with Crippen molar-refractivity contribution in [1.82, 2.24) is 19.9 Å². The van der Waals surface area contributed by atoms with E-state index in [0.29, 0.717) is 42.0 Å². The SMILES string of the molecule is CCOc1ccc(-c2nc(-c3cc(CCC(=O)C4(C(F)(F)F)CCCC4)ccc3Cl)[nH]c(=O)n2)cn1. The van der Waals surface area contributed by atoms with Crippen molar-refractivity contribution < 1.29 is 22.7 Å². The molecule has 2 heterocycles. The first-order valence-corrected chi connectivity index (χ1v) is 12.0. The van der Waals surface area contributed by atoms with Crippen LogP contribution >= 0.6 is 11.6 Å². The minimum Gasteiger partial charge on any atom is -0.478 e. The predicted octanol–water partition coefficient (Wildman–Crippen LogP) is 5.57. The Morgan fingerprint density at radius 3 is 2.56 bits per heavy atom. The molecule has 1 aromatic carbocycles. The summed E-state index contributed by atoms with van der Waals surface area (Å²) in [5.74, 6) is -0.111. The molecule has 3 aromatic rings. The van der Waals surface area contributed by atoms with Crippen LogP contribution in [0.25, 0.3) is 22.8 Å². The Labute approximate surface area is 210 Å². The Morgan fingerprint density at radius 1 is 1.17 bits per heavy atom. The molecule has 0 aliphatic heterocycles. The Hall–Kier alpha value is -3.27. The summed E-state index contributed by atoms with van der Waals surface area (Å²) in [4.78, 5) is 40.0. The molecule has 11 heteroatoms. The van der Waals surface area contributed by atoms with Gasteiger partial charge in [0.2, 0.25) is 5.88 Å². The molecule has 190 valence electrons. The lowest BCUT2D eigenvalue weighted by atomic mass is 9.78. The number of benzene rings is 1. The third kappa shape index (κ3) is 5.28. The van der Waals surface area contributed by atoms with Gasteiger partial charge in [-0.1, -0.05) is 30.5 Å². The maximum absolute atomic E-state index is 13.7. The Morgan fingerprint density at radius 2 is 1.92 bits per heavy atom. The van der Waals surface area contributed by atoms with E-state index in [2.05, 4.69) is 19.9 Å². The second-order valence-corrected chi connectivity index (χ2v) is 9.08. The summed E-state index contributed by atoms with van der Waals surface area (Å²) in [6.07, 6.45) is -2.76. The van der Waals surface area contributed by atoms with Crippen molar-refractivity contribution in [2.24, 2.45) is 5.41 Å². The van der Waals surface area contributed by atoms with Gasteiger partial charge in [-0.25, -0.2) is 14.8 Å². The van der Waals surface area contributed by atoms with E-state index >= 15 is 0 Å². The molecule has 0 spiro atoms. The molecule has 1 fully saturated rings. The first-order valence-electron chi connectivity index (χ1n) is 11.6. The molecule has 1 saturated carbocycles. The fourth-order valence-electron chi connectivity index (χ4n) is 4.49. The molecule has 4 rings (SSSR count). The summed E-state index contributed by atoms with van der Waals surface area (Å²) in [6.45, 7) is 2.29. The summed E-state index contributed by atoms with van der Waals surface area (Å²) >= 11 is 6.36. The number of hydrogen-bond donors (Lipinski definition) is 1. The van der Waals surface area contributed by atoms with Crippen molar-refractivity contribution in [1.29, 1.82) is 0 Å². The minimum atomic E-state index is -4.56. The Kier molecular flexibility index (Phi) is 7.44. The highest BCUT2D eigenvalue weighted by molar-refractivity contribution is 6.33. The fraction of sp³-hybridized carbons (Fsp3) is 0.400. The highest BCUT2D eigenvalue weighted by Crippen LogP contribution is 2.51. The average Bonchev–Trinajstić information content (AvgIpc) is 3.35. The monoisotopic (exact) mass is 520 g/mol. The number of rotatable bonds is 8. The van der Waals surface area contributed by atoms with Gasteiger partial charge in [-0.3, -0.25) is 9.78 Å². The summed E-state index contributed by atoms with van der Waals surface area (Å²) in [7, 11) is 0. The molecule has 0 radical (unpaired) electrons. The van der Waals surface area contributed by atoms with Crippen LogP contribution in [0.1, 0.15) is 44.6 Å². The van der Waals surface area contributed by atoms with Crippen molar-refractivity contribution in [2.75, 3.05) is 6.61 Å². The van der Waals surface area contributed by atoms with E-state index in [9.17, 15) is 22.8 Å². The number of pyridine rings is 1. The first-order chi connectivity index (χ1) is 17.1. The van der Waals surface area contributed by atoms with Gasteiger partial charge in [-0.15, -0.1) is 0 Å². The zero-order valence-corrected chi connectivity index (χ0v) is 20.2. The molecule has 0 bridgehead atoms. The third-order valence-electron chi connectivity index (χ3n) is 6.40. The van der Waals surface area contributed by atoms with Gasteiger partial charge < -0.3 is 4.74 Å². The molecule has 0 amide bonds. The van der Waals surface area contributed by atoms with E-state index in [4.69, 9.17) is 16.3 Å². The zero-order chi connectivity index (χ0) is 25.9. The number of alkyl halides is 3. The third-order valence-corrected chi connectivity index (χ3v) is 6.73. The number of hydrogen-bond acceptors (Lipinski definition) is 6. The van der Waals surface area contributed by atoms with Crippen LogP contribution in [0.5, 0.6) is 5.88 Å². The maximum atomic E-state index is 13.7. The Bertz CT molecular complexity index is 1300. The van der Waals surface area contributed by atoms with Gasteiger partial charge in [0, 0.05) is 29.8 Å². The molecule has 2 aromatic heterocycles. The van der Waals surface area contributed by atoms with Gasteiger partial charge in [-0.05, 0) is 49.9 Å².